The maximum Gasteiger partial charge on any atom is 0.300 e. The molecule has 1 saturated heterocycles. The molecule has 2 N–H and O–H groups in total. The molecule has 6 nitrogen and oxygen atoms in total. The van der Waals surface area contributed by atoms with Gasteiger partial charge in [0.05, 0.1) is 23.2 Å². The number of hydrogen-bond acceptors (Lipinski definition) is 5. The number of aromatic hydroxyl groups is 1. The number of carbonyl (C=O) groups is 2. The Hall–Kier alpha value is -3.48. The van der Waals surface area contributed by atoms with Gasteiger partial charge in [0, 0.05) is 16.3 Å². The van der Waals surface area contributed by atoms with Crippen LogP contribution in [0.4, 0.5) is 5.69 Å². The summed E-state index contributed by atoms with van der Waals surface area (Å²) >= 11 is 12.2. The number of nitrogens with zero attached hydrogens (tertiary/aromatic N) is 1. The van der Waals surface area contributed by atoms with Gasteiger partial charge in [0.1, 0.15) is 17.3 Å². The molecule has 1 unspecified atom stereocenters. The summed E-state index contributed by atoms with van der Waals surface area (Å²) < 4.78 is 5.71. The van der Waals surface area contributed by atoms with Crippen molar-refractivity contribution >= 4 is 46.3 Å². The maximum absolute atomic E-state index is 13.3. The van der Waals surface area contributed by atoms with Crippen LogP contribution in [-0.4, -0.2) is 28.5 Å². The first-order chi connectivity index (χ1) is 16.7. The number of halogens is 2. The van der Waals surface area contributed by atoms with Crippen LogP contribution >= 0.6 is 23.2 Å². The molecule has 180 valence electrons. The normalized spacial score (nSPS) is 17.1. The number of phenolic OH excluding ortho intramolecular Hbond substituents is 1. The van der Waals surface area contributed by atoms with Gasteiger partial charge in [-0.15, -0.1) is 0 Å². The third-order valence-corrected chi connectivity index (χ3v) is 6.30. The molecule has 0 aliphatic carbocycles. The fraction of sp³-hybridized carbons (Fsp3) is 0.185. The van der Waals surface area contributed by atoms with Crippen molar-refractivity contribution in [2.45, 2.75) is 26.3 Å². The number of carbonyl (C=O) groups excluding carboxylic acids is 2. The van der Waals surface area contributed by atoms with Crippen LogP contribution in [0.15, 0.2) is 66.2 Å². The highest BCUT2D eigenvalue weighted by atomic mass is 35.5. The number of phenols is 1. The highest BCUT2D eigenvalue weighted by molar-refractivity contribution is 6.51. The number of Topliss-reactive ketones (excluding diaryl/α,β-unsaturated/α-hetero) is 1. The molecular formula is C27H23Cl2NO5. The van der Waals surface area contributed by atoms with Gasteiger partial charge in [-0.1, -0.05) is 36.2 Å². The molecular weight excluding hydrogens is 489 g/mol. The molecule has 35 heavy (non-hydrogen) atoms. The standard InChI is InChI=1S/C27H23Cl2NO5/c1-3-12-35-22-11-5-17(13-15(22)2)25(32)23-24(16-4-10-21(31)20(29)14-16)30(27(34)26(23)33)19-8-6-18(28)7-9-19/h4-11,13-14,24,31-32H,3,12H2,1-2H3/b25-23-. The van der Waals surface area contributed by atoms with Crippen LogP contribution < -0.4 is 9.64 Å². The van der Waals surface area contributed by atoms with Crippen molar-refractivity contribution in [3.05, 3.63) is 93.0 Å². The zero-order valence-electron chi connectivity index (χ0n) is 19.1. The van der Waals surface area contributed by atoms with E-state index in [1.807, 2.05) is 13.8 Å². The first kappa shape index (κ1) is 24.6. The summed E-state index contributed by atoms with van der Waals surface area (Å²) in [5.74, 6) is -1.43. The lowest BCUT2D eigenvalue weighted by Gasteiger charge is -2.25. The number of ketones is 1. The molecule has 1 heterocycles. The van der Waals surface area contributed by atoms with Crippen molar-refractivity contribution < 1.29 is 24.5 Å². The molecule has 3 aromatic carbocycles. The Balaban J connectivity index is 1.89. The van der Waals surface area contributed by atoms with E-state index < -0.39 is 17.7 Å². The van der Waals surface area contributed by atoms with Gasteiger partial charge >= 0.3 is 0 Å². The monoisotopic (exact) mass is 511 g/mol. The molecule has 1 aliphatic heterocycles. The largest absolute Gasteiger partial charge is 0.507 e. The molecule has 1 amide bonds. The van der Waals surface area contributed by atoms with Gasteiger partial charge in [-0.3, -0.25) is 14.5 Å². The first-order valence-corrected chi connectivity index (χ1v) is 11.8. The van der Waals surface area contributed by atoms with Gasteiger partial charge in [0.25, 0.3) is 11.7 Å². The summed E-state index contributed by atoms with van der Waals surface area (Å²) in [4.78, 5) is 27.8. The molecule has 0 aromatic heterocycles. The van der Waals surface area contributed by atoms with Gasteiger partial charge in [-0.05, 0) is 79.1 Å². The molecule has 0 saturated carbocycles. The van der Waals surface area contributed by atoms with Crippen molar-refractivity contribution in [1.82, 2.24) is 0 Å². The zero-order valence-corrected chi connectivity index (χ0v) is 20.6. The summed E-state index contributed by atoms with van der Waals surface area (Å²) in [6, 6.07) is 14.9. The van der Waals surface area contributed by atoms with Crippen molar-refractivity contribution in [3.63, 3.8) is 0 Å². The van der Waals surface area contributed by atoms with Crippen molar-refractivity contribution in [2.75, 3.05) is 11.5 Å². The van der Waals surface area contributed by atoms with E-state index in [9.17, 15) is 19.8 Å². The Kier molecular flexibility index (Phi) is 7.05. The van der Waals surface area contributed by atoms with E-state index in [-0.39, 0.29) is 22.1 Å². The van der Waals surface area contributed by atoms with Crippen molar-refractivity contribution in [1.29, 1.82) is 0 Å². The molecule has 1 aliphatic rings. The van der Waals surface area contributed by atoms with E-state index in [2.05, 4.69) is 0 Å². The molecule has 0 radical (unpaired) electrons. The van der Waals surface area contributed by atoms with Crippen LogP contribution in [-0.2, 0) is 9.59 Å². The van der Waals surface area contributed by atoms with Crippen molar-refractivity contribution in [2.24, 2.45) is 0 Å². The Bertz CT molecular complexity index is 1330. The number of hydrogen-bond donors (Lipinski definition) is 2. The zero-order chi connectivity index (χ0) is 25.3. The van der Waals surface area contributed by atoms with Gasteiger partial charge in [0.15, 0.2) is 0 Å². The predicted octanol–water partition coefficient (Wildman–Crippen LogP) is 6.42. The van der Waals surface area contributed by atoms with E-state index >= 15 is 0 Å². The average molecular weight is 512 g/mol. The van der Waals surface area contributed by atoms with Gasteiger partial charge in [0.2, 0.25) is 0 Å². The summed E-state index contributed by atoms with van der Waals surface area (Å²) in [5.41, 5.74) is 1.93. The lowest BCUT2D eigenvalue weighted by molar-refractivity contribution is -0.132. The minimum atomic E-state index is -0.981. The topological polar surface area (TPSA) is 87.1 Å². The third-order valence-electron chi connectivity index (χ3n) is 5.75. The molecule has 1 atom stereocenters. The second kappa shape index (κ2) is 10.0. The van der Waals surface area contributed by atoms with Gasteiger partial charge in [-0.25, -0.2) is 0 Å². The summed E-state index contributed by atoms with van der Waals surface area (Å²) in [5, 5.41) is 21.7. The number of rotatable bonds is 6. The number of aryl methyl sites for hydroxylation is 1. The lowest BCUT2D eigenvalue weighted by atomic mass is 9.94. The van der Waals surface area contributed by atoms with Crippen LogP contribution in [0.5, 0.6) is 11.5 Å². The molecule has 8 heteroatoms. The number of ether oxygens (including phenoxy) is 1. The fourth-order valence-electron chi connectivity index (χ4n) is 4.04. The number of aliphatic hydroxyl groups excluding tert-OH is 1. The Morgan fingerprint density at radius 3 is 2.37 bits per heavy atom. The van der Waals surface area contributed by atoms with E-state index in [1.54, 1.807) is 48.5 Å². The summed E-state index contributed by atoms with van der Waals surface area (Å²) in [7, 11) is 0. The SMILES string of the molecule is CCCOc1ccc(/C(O)=C2/C(=O)C(=O)N(c3ccc(Cl)cc3)C2c2ccc(O)c(Cl)c2)cc1C. The highest BCUT2D eigenvalue weighted by Crippen LogP contribution is 2.44. The lowest BCUT2D eigenvalue weighted by Crippen LogP contribution is -2.29. The molecule has 0 bridgehead atoms. The van der Waals surface area contributed by atoms with Crippen LogP contribution in [0.3, 0.4) is 0 Å². The number of anilines is 1. The second-order valence-corrected chi connectivity index (χ2v) is 9.03. The van der Waals surface area contributed by atoms with E-state index in [4.69, 9.17) is 27.9 Å². The Morgan fingerprint density at radius 2 is 1.74 bits per heavy atom. The van der Waals surface area contributed by atoms with E-state index in [0.717, 1.165) is 12.0 Å². The number of amides is 1. The van der Waals surface area contributed by atoms with Crippen LogP contribution in [0.25, 0.3) is 5.76 Å². The minimum Gasteiger partial charge on any atom is -0.507 e. The summed E-state index contributed by atoms with van der Waals surface area (Å²) in [6.45, 7) is 4.40. The fourth-order valence-corrected chi connectivity index (χ4v) is 4.35. The van der Waals surface area contributed by atoms with Crippen molar-refractivity contribution in [3.8, 4) is 11.5 Å². The maximum atomic E-state index is 13.3. The minimum absolute atomic E-state index is 0.0532. The quantitative estimate of drug-likeness (QED) is 0.226. The highest BCUT2D eigenvalue weighted by Gasteiger charge is 2.47. The van der Waals surface area contributed by atoms with Crippen LogP contribution in [0, 0.1) is 6.92 Å². The van der Waals surface area contributed by atoms with Crippen LogP contribution in [0.2, 0.25) is 10.0 Å². The number of benzene rings is 3. The van der Waals surface area contributed by atoms with E-state index in [0.29, 0.717) is 34.2 Å². The third kappa shape index (κ3) is 4.72. The molecule has 4 rings (SSSR count). The first-order valence-electron chi connectivity index (χ1n) is 11.0. The number of aliphatic hydroxyl groups is 1. The predicted molar refractivity (Wildman–Crippen MR) is 136 cm³/mol. The smallest absolute Gasteiger partial charge is 0.300 e. The average Bonchev–Trinajstić information content (AvgIpc) is 3.10. The van der Waals surface area contributed by atoms with Gasteiger partial charge in [-0.2, -0.15) is 0 Å². The Labute approximate surface area is 213 Å². The second-order valence-electron chi connectivity index (χ2n) is 8.19. The van der Waals surface area contributed by atoms with Gasteiger partial charge < -0.3 is 14.9 Å². The van der Waals surface area contributed by atoms with E-state index in [1.165, 1.54) is 17.0 Å². The Morgan fingerprint density at radius 1 is 1.03 bits per heavy atom. The molecule has 1 fully saturated rings. The van der Waals surface area contributed by atoms with Crippen LogP contribution in [0.1, 0.15) is 36.1 Å². The molecule has 0 spiro atoms. The summed E-state index contributed by atoms with van der Waals surface area (Å²) in [6.07, 6.45) is 0.852. The molecule has 3 aromatic rings.